The number of rotatable bonds is 21. The number of para-hydroxylation sites is 1. The number of benzene rings is 4. The zero-order valence-electron chi connectivity index (χ0n) is 30.3. The van der Waals surface area contributed by atoms with Crippen molar-refractivity contribution in [2.45, 2.75) is 44.5 Å². The third-order valence-electron chi connectivity index (χ3n) is 9.03. The van der Waals surface area contributed by atoms with E-state index in [1.54, 1.807) is 14.2 Å². The van der Waals surface area contributed by atoms with Crippen molar-refractivity contribution < 1.29 is 53.2 Å². The smallest absolute Gasteiger partial charge is 0.496 e. The number of carbonyl (C=O) groups excluding carboxylic acids is 1. The maximum atomic E-state index is 12.5. The molecule has 4 aromatic carbocycles. The van der Waals surface area contributed by atoms with Crippen molar-refractivity contribution in [1.29, 1.82) is 0 Å². The van der Waals surface area contributed by atoms with Crippen LogP contribution in [0.25, 0.3) is 10.8 Å². The molecule has 3 atom stereocenters. The van der Waals surface area contributed by atoms with E-state index in [2.05, 4.69) is 22.3 Å². The average Bonchev–Trinajstić information content (AvgIpc) is 3.18. The summed E-state index contributed by atoms with van der Waals surface area (Å²) in [5.41, 5.74) is 3.04. The maximum absolute atomic E-state index is 12.5. The van der Waals surface area contributed by atoms with E-state index in [4.69, 9.17) is 43.6 Å². The van der Waals surface area contributed by atoms with E-state index in [-0.39, 0.29) is 43.2 Å². The lowest BCUT2D eigenvalue weighted by molar-refractivity contribution is -0.492. The lowest BCUT2D eigenvalue weighted by Crippen LogP contribution is -2.48. The Balaban J connectivity index is 1.19. The number of hydrogen-bond donors (Lipinski definition) is 3. The molecule has 0 spiro atoms. The summed E-state index contributed by atoms with van der Waals surface area (Å²) in [5.74, 6) is 2.15. The van der Waals surface area contributed by atoms with Crippen LogP contribution in [0.1, 0.15) is 41.9 Å². The van der Waals surface area contributed by atoms with Gasteiger partial charge in [-0.05, 0) is 59.7 Å². The van der Waals surface area contributed by atoms with Crippen molar-refractivity contribution in [2.24, 2.45) is 5.92 Å². The number of hydrogen-bond acceptors (Lipinski definition) is 13. The normalized spacial score (nSPS) is 17.1. The lowest BCUT2D eigenvalue weighted by atomic mass is 9.79. The van der Waals surface area contributed by atoms with Gasteiger partial charge >= 0.3 is 6.16 Å². The summed E-state index contributed by atoms with van der Waals surface area (Å²) in [4.78, 5) is 17.0. The Kier molecular flexibility index (Phi) is 16.0. The highest BCUT2D eigenvalue weighted by molar-refractivity contribution is 5.89. The first-order valence-corrected chi connectivity index (χ1v) is 17.9. The Morgan fingerprint density at radius 1 is 0.792 bits per heavy atom. The first-order chi connectivity index (χ1) is 25.9. The Morgan fingerprint density at radius 2 is 1.57 bits per heavy atom. The second-order valence-corrected chi connectivity index (χ2v) is 12.7. The minimum Gasteiger partial charge on any atom is -0.496 e. The predicted octanol–water partition coefficient (Wildman–Crippen LogP) is 6.68. The number of carbonyl (C=O) groups is 1. The summed E-state index contributed by atoms with van der Waals surface area (Å²) in [6.45, 7) is 3.44. The highest BCUT2D eigenvalue weighted by Crippen LogP contribution is 2.35. The number of unbranched alkanes of at least 4 members (excludes halogenated alkanes) is 1. The van der Waals surface area contributed by atoms with Crippen LogP contribution in [0.5, 0.6) is 17.2 Å². The van der Waals surface area contributed by atoms with Gasteiger partial charge in [0.2, 0.25) is 0 Å². The van der Waals surface area contributed by atoms with E-state index in [1.165, 1.54) is 0 Å². The second-order valence-electron chi connectivity index (χ2n) is 12.7. The van der Waals surface area contributed by atoms with E-state index in [0.29, 0.717) is 52.4 Å². The molecule has 0 saturated carbocycles. The molecule has 1 fully saturated rings. The zero-order valence-corrected chi connectivity index (χ0v) is 30.3. The molecule has 13 nitrogen and oxygen atoms in total. The van der Waals surface area contributed by atoms with Crippen LogP contribution in [0.15, 0.2) is 84.9 Å². The van der Waals surface area contributed by atoms with Crippen LogP contribution < -0.4 is 19.5 Å². The van der Waals surface area contributed by atoms with Gasteiger partial charge in [-0.2, -0.15) is 0 Å². The molecule has 53 heavy (non-hydrogen) atoms. The van der Waals surface area contributed by atoms with Gasteiger partial charge in [0.05, 0.1) is 72.0 Å². The highest BCUT2D eigenvalue weighted by Gasteiger charge is 2.36. The number of piperidine rings is 1. The summed E-state index contributed by atoms with van der Waals surface area (Å²) in [6, 6.07) is 28.0. The molecule has 0 aliphatic carbocycles. The maximum Gasteiger partial charge on any atom is 0.508 e. The third-order valence-corrected chi connectivity index (χ3v) is 9.03. The van der Waals surface area contributed by atoms with Crippen molar-refractivity contribution >= 4 is 16.9 Å². The molecule has 0 amide bonds. The molecule has 1 aliphatic heterocycles. The fraction of sp³-hybridized carbons (Fsp3) is 0.425. The molecule has 1 heterocycles. The number of ether oxygens (including phenoxy) is 7. The van der Waals surface area contributed by atoms with Crippen LogP contribution >= 0.6 is 0 Å². The summed E-state index contributed by atoms with van der Waals surface area (Å²) in [6.07, 6.45) is 0.664. The van der Waals surface area contributed by atoms with Gasteiger partial charge in [-0.25, -0.2) is 4.79 Å². The van der Waals surface area contributed by atoms with Crippen LogP contribution in [0, 0.1) is 5.92 Å². The topological polar surface area (TPSA) is 147 Å². The van der Waals surface area contributed by atoms with Crippen LogP contribution in [-0.4, -0.2) is 88.4 Å². The van der Waals surface area contributed by atoms with E-state index >= 15 is 0 Å². The molecule has 0 radical (unpaired) electrons. The van der Waals surface area contributed by atoms with Crippen LogP contribution in [0.3, 0.4) is 0 Å². The minimum absolute atomic E-state index is 0.0667. The Morgan fingerprint density at radius 3 is 2.38 bits per heavy atom. The zero-order chi connectivity index (χ0) is 37.3. The highest BCUT2D eigenvalue weighted by atomic mass is 17.1. The number of methoxy groups -OCH3 is 2. The third kappa shape index (κ3) is 12.3. The molecular weight excluding hydrogens is 684 g/mol. The van der Waals surface area contributed by atoms with Gasteiger partial charge in [0, 0.05) is 42.3 Å². The van der Waals surface area contributed by atoms with E-state index < -0.39 is 6.16 Å². The van der Waals surface area contributed by atoms with E-state index in [0.717, 1.165) is 51.1 Å². The largest absolute Gasteiger partial charge is 0.508 e. The fourth-order valence-electron chi connectivity index (χ4n) is 6.43. The molecule has 1 aliphatic rings. The van der Waals surface area contributed by atoms with Crippen molar-refractivity contribution in [3.63, 3.8) is 0 Å². The summed E-state index contributed by atoms with van der Waals surface area (Å²) in [5, 5.41) is 22.5. The molecule has 286 valence electrons. The molecule has 3 N–H and O–H groups in total. The molecule has 13 heteroatoms. The fourth-order valence-corrected chi connectivity index (χ4v) is 6.43. The molecule has 3 unspecified atom stereocenters. The molecule has 0 bridgehead atoms. The summed E-state index contributed by atoms with van der Waals surface area (Å²) < 4.78 is 40.4. The van der Waals surface area contributed by atoms with Crippen molar-refractivity contribution in [3.05, 3.63) is 102 Å². The first-order valence-electron chi connectivity index (χ1n) is 17.9. The van der Waals surface area contributed by atoms with Gasteiger partial charge < -0.3 is 38.5 Å². The van der Waals surface area contributed by atoms with Gasteiger partial charge in [0.1, 0.15) is 17.2 Å². The van der Waals surface area contributed by atoms with Crippen LogP contribution in [-0.2, 0) is 37.0 Å². The Hall–Kier alpha value is -4.47. The van der Waals surface area contributed by atoms with E-state index in [1.807, 2.05) is 72.8 Å². The van der Waals surface area contributed by atoms with Gasteiger partial charge in [0.15, 0.2) is 0 Å². The number of fused-ring (bicyclic) bond motifs is 1. The quantitative estimate of drug-likeness (QED) is 0.0476. The van der Waals surface area contributed by atoms with Crippen molar-refractivity contribution in [3.8, 4) is 17.2 Å². The van der Waals surface area contributed by atoms with Crippen LogP contribution in [0.2, 0.25) is 0 Å². The lowest BCUT2D eigenvalue weighted by Gasteiger charge is -2.38. The summed E-state index contributed by atoms with van der Waals surface area (Å²) in [7, 11) is 3.32. The van der Waals surface area contributed by atoms with E-state index in [9.17, 15) is 4.79 Å². The van der Waals surface area contributed by atoms with Gasteiger partial charge in [-0.1, -0.05) is 54.6 Å². The summed E-state index contributed by atoms with van der Waals surface area (Å²) >= 11 is 0. The molecule has 0 aromatic heterocycles. The second kappa shape index (κ2) is 21.3. The SMILES string of the molecule is COc1ccccc1COCCCOc1ccc(C2C(COC(=O)OCCCCON(O)O)CNCC2OCc2cc(OC)c3ccccc3c2)cc1. The Bertz CT molecular complexity index is 1690. The molecule has 5 rings (SSSR count). The standard InChI is InChI=1S/C40H50N2O11/c1-46-36-13-6-4-11-32(36)27-48-18-9-20-49-34-16-14-30(15-17-34)39-33(28-52-40(43)50-19-7-8-21-53-42(44)45)24-41-25-38(39)51-26-29-22-31-10-3-5-12-35(31)37(23-29)47-2/h3-6,10-17,22-23,33,38-39,41,44-45H,7-9,18-21,24-28H2,1-2H3. The molecule has 4 aromatic rings. The van der Waals surface area contributed by atoms with Gasteiger partial charge in [-0.3, -0.25) is 15.3 Å². The monoisotopic (exact) mass is 734 g/mol. The molecular formula is C40H50N2O11. The number of nitrogens with one attached hydrogen (secondary N) is 1. The Labute approximate surface area is 310 Å². The van der Waals surface area contributed by atoms with Crippen molar-refractivity contribution in [1.82, 2.24) is 10.7 Å². The predicted molar refractivity (Wildman–Crippen MR) is 195 cm³/mol. The average molecular weight is 735 g/mol. The van der Waals surface area contributed by atoms with Crippen molar-refractivity contribution in [2.75, 3.05) is 60.3 Å². The van der Waals surface area contributed by atoms with Gasteiger partial charge in [0.25, 0.3) is 0 Å². The van der Waals surface area contributed by atoms with Crippen LogP contribution in [0.4, 0.5) is 4.79 Å². The first kappa shape index (κ1) is 39.7. The van der Waals surface area contributed by atoms with Gasteiger partial charge in [-0.15, -0.1) is 0 Å². The molecule has 1 saturated heterocycles. The minimum atomic E-state index is -0.766. The number of nitrogens with zero attached hydrogens (tertiary/aromatic N) is 1.